The Bertz CT molecular complexity index is 369. The lowest BCUT2D eigenvalue weighted by Gasteiger charge is -2.60. The van der Waals surface area contributed by atoms with Gasteiger partial charge >= 0.3 is 0 Å². The molecule has 0 aliphatic heterocycles. The van der Waals surface area contributed by atoms with Crippen LogP contribution in [0.4, 0.5) is 0 Å². The molecule has 23 heavy (non-hydrogen) atoms. The predicted octanol–water partition coefficient (Wildman–Crippen LogP) is 5.58. The molecule has 0 aromatic carbocycles. The van der Waals surface area contributed by atoms with Crippen molar-refractivity contribution < 1.29 is 0 Å². The van der Waals surface area contributed by atoms with Gasteiger partial charge < -0.3 is 11.5 Å². The van der Waals surface area contributed by atoms with Crippen molar-refractivity contribution >= 4 is 45.2 Å². The summed E-state index contributed by atoms with van der Waals surface area (Å²) in [6, 6.07) is 0. The molecule has 0 heterocycles. The molecule has 2 fully saturated rings. The Balaban J connectivity index is 2.41. The molecule has 2 saturated carbocycles. The molecule has 0 aromatic rings. The van der Waals surface area contributed by atoms with Crippen molar-refractivity contribution in [1.82, 2.24) is 0 Å². The summed E-state index contributed by atoms with van der Waals surface area (Å²) in [4.78, 5) is 0. The fourth-order valence-electron chi connectivity index (χ4n) is 5.74. The van der Waals surface area contributed by atoms with Crippen LogP contribution in [0.1, 0.15) is 84.5 Å². The average molecular weight is 546 g/mol. The van der Waals surface area contributed by atoms with Gasteiger partial charge in [0.05, 0.1) is 0 Å². The number of nitrogens with two attached hydrogens (primary N) is 2. The molecule has 4 heteroatoms. The normalized spacial score (nSPS) is 45.1. The lowest BCUT2D eigenvalue weighted by molar-refractivity contribution is -0.0371. The molecule has 0 bridgehead atoms. The molecule has 2 rings (SSSR count). The van der Waals surface area contributed by atoms with Crippen molar-refractivity contribution in [1.29, 1.82) is 0 Å². The Kier molecular flexibility index (Phi) is 7.15. The van der Waals surface area contributed by atoms with Gasteiger partial charge in [-0.2, -0.15) is 0 Å². The maximum absolute atomic E-state index is 7.06. The highest BCUT2D eigenvalue weighted by molar-refractivity contribution is 14.1. The topological polar surface area (TPSA) is 52.0 Å². The molecule has 4 N–H and O–H groups in total. The van der Waals surface area contributed by atoms with Crippen molar-refractivity contribution in [2.75, 3.05) is 8.86 Å². The van der Waals surface area contributed by atoms with Gasteiger partial charge in [-0.15, -0.1) is 0 Å². The fourth-order valence-corrected chi connectivity index (χ4v) is 8.12. The lowest BCUT2D eigenvalue weighted by atomic mass is 9.49. The smallest absolute Gasteiger partial charge is 0.0302 e. The second-order valence-electron chi connectivity index (χ2n) is 8.44. The number of hydrogen-bond acceptors (Lipinski definition) is 2. The minimum absolute atomic E-state index is 0.00631. The molecule has 136 valence electrons. The van der Waals surface area contributed by atoms with E-state index in [1.165, 1.54) is 70.6 Å². The highest BCUT2D eigenvalue weighted by atomic mass is 127. The summed E-state index contributed by atoms with van der Waals surface area (Å²) in [5.74, 6) is 0. The van der Waals surface area contributed by atoms with Crippen LogP contribution in [-0.4, -0.2) is 19.9 Å². The predicted molar refractivity (Wildman–Crippen MR) is 119 cm³/mol. The minimum atomic E-state index is 0.00631. The van der Waals surface area contributed by atoms with Gasteiger partial charge in [-0.3, -0.25) is 0 Å². The van der Waals surface area contributed by atoms with Crippen LogP contribution in [0, 0.1) is 10.8 Å². The van der Waals surface area contributed by atoms with Crippen LogP contribution in [0.15, 0.2) is 0 Å². The third kappa shape index (κ3) is 3.48. The average Bonchev–Trinajstić information content (AvgIpc) is 2.59. The van der Waals surface area contributed by atoms with Crippen molar-refractivity contribution in [3.05, 3.63) is 0 Å². The Morgan fingerprint density at radius 3 is 1.35 bits per heavy atom. The van der Waals surface area contributed by atoms with E-state index in [4.69, 9.17) is 11.5 Å². The van der Waals surface area contributed by atoms with Crippen molar-refractivity contribution in [2.24, 2.45) is 22.3 Å². The first-order valence-corrected chi connectivity index (χ1v) is 12.6. The first-order valence-electron chi connectivity index (χ1n) is 9.56. The summed E-state index contributed by atoms with van der Waals surface area (Å²) in [5.41, 5.74) is 14.7. The van der Waals surface area contributed by atoms with Gasteiger partial charge in [0.15, 0.2) is 0 Å². The van der Waals surface area contributed by atoms with Crippen molar-refractivity contribution in [2.45, 2.75) is 95.6 Å². The quantitative estimate of drug-likeness (QED) is 0.338. The Morgan fingerprint density at radius 1 is 0.696 bits per heavy atom. The number of halogens is 2. The summed E-state index contributed by atoms with van der Waals surface area (Å²) < 4.78 is 2.17. The van der Waals surface area contributed by atoms with Crippen LogP contribution in [0.25, 0.3) is 0 Å². The van der Waals surface area contributed by atoms with E-state index in [1.807, 2.05) is 0 Å². The summed E-state index contributed by atoms with van der Waals surface area (Å²) in [6.45, 7) is 4.77. The van der Waals surface area contributed by atoms with E-state index in [9.17, 15) is 0 Å². The zero-order chi connectivity index (χ0) is 17.2. The summed E-state index contributed by atoms with van der Waals surface area (Å²) in [5, 5.41) is 0. The molecular formula is C19H36I2N2. The maximum atomic E-state index is 7.06. The third-order valence-electron chi connectivity index (χ3n) is 7.68. The fraction of sp³-hybridized carbons (Fsp3) is 1.00. The third-order valence-corrected chi connectivity index (χ3v) is 10.4. The second-order valence-corrected chi connectivity index (χ2v) is 9.96. The van der Waals surface area contributed by atoms with Gasteiger partial charge in [-0.05, 0) is 55.8 Å². The summed E-state index contributed by atoms with van der Waals surface area (Å²) in [6.07, 6.45) is 14.0. The molecule has 0 saturated heterocycles. The van der Waals surface area contributed by atoms with Gasteiger partial charge in [0.25, 0.3) is 0 Å². The van der Waals surface area contributed by atoms with Crippen LogP contribution in [0.3, 0.4) is 0 Å². The van der Waals surface area contributed by atoms with E-state index in [-0.39, 0.29) is 21.9 Å². The SMILES string of the molecule is CCC1(CC2(CC)CCCCC2(N)CI)CCCCC1(N)CI. The number of rotatable bonds is 6. The standard InChI is InChI=1S/C19H36I2N2/c1-3-16(9-5-7-11-18(16,22)14-20)13-17(4-2)10-6-8-12-19(17,23)15-21/h3-15,22-23H2,1-2H3. The van der Waals surface area contributed by atoms with Crippen LogP contribution < -0.4 is 11.5 Å². The Morgan fingerprint density at radius 2 is 1.04 bits per heavy atom. The highest BCUT2D eigenvalue weighted by Gasteiger charge is 2.57. The van der Waals surface area contributed by atoms with Crippen molar-refractivity contribution in [3.8, 4) is 0 Å². The van der Waals surface area contributed by atoms with Crippen molar-refractivity contribution in [3.63, 3.8) is 0 Å². The molecule has 0 spiro atoms. The van der Waals surface area contributed by atoms with Gasteiger partial charge in [0, 0.05) is 19.9 Å². The van der Waals surface area contributed by atoms with Crippen LogP contribution in [-0.2, 0) is 0 Å². The zero-order valence-electron chi connectivity index (χ0n) is 15.1. The molecule has 0 radical (unpaired) electrons. The molecule has 2 aliphatic carbocycles. The van der Waals surface area contributed by atoms with Gasteiger partial charge in [0.1, 0.15) is 0 Å². The minimum Gasteiger partial charge on any atom is -0.324 e. The Hall–Kier alpha value is 1.38. The van der Waals surface area contributed by atoms with Crippen LogP contribution in [0.2, 0.25) is 0 Å². The molecule has 0 amide bonds. The van der Waals surface area contributed by atoms with Crippen LogP contribution in [0.5, 0.6) is 0 Å². The van der Waals surface area contributed by atoms with E-state index in [2.05, 4.69) is 59.0 Å². The molecule has 0 aromatic heterocycles. The number of hydrogen-bond donors (Lipinski definition) is 2. The molecular weight excluding hydrogens is 510 g/mol. The van der Waals surface area contributed by atoms with Gasteiger partial charge in [-0.25, -0.2) is 0 Å². The summed E-state index contributed by atoms with van der Waals surface area (Å²) >= 11 is 5.09. The van der Waals surface area contributed by atoms with E-state index in [1.54, 1.807) is 0 Å². The monoisotopic (exact) mass is 546 g/mol. The maximum Gasteiger partial charge on any atom is 0.0302 e. The first kappa shape index (κ1) is 20.7. The number of alkyl halides is 2. The molecule has 2 nitrogen and oxygen atoms in total. The second kappa shape index (κ2) is 7.95. The van der Waals surface area contributed by atoms with E-state index >= 15 is 0 Å². The van der Waals surface area contributed by atoms with E-state index in [0.717, 1.165) is 8.86 Å². The summed E-state index contributed by atoms with van der Waals surface area (Å²) in [7, 11) is 0. The van der Waals surface area contributed by atoms with E-state index < -0.39 is 0 Å². The molecule has 2 aliphatic rings. The first-order chi connectivity index (χ1) is 10.9. The van der Waals surface area contributed by atoms with E-state index in [0.29, 0.717) is 0 Å². The Labute approximate surface area is 171 Å². The highest BCUT2D eigenvalue weighted by Crippen LogP contribution is 2.59. The molecule has 4 atom stereocenters. The zero-order valence-corrected chi connectivity index (χ0v) is 19.4. The lowest BCUT2D eigenvalue weighted by Crippen LogP contribution is -2.65. The van der Waals surface area contributed by atoms with Crippen LogP contribution >= 0.6 is 45.2 Å². The largest absolute Gasteiger partial charge is 0.324 e. The van der Waals surface area contributed by atoms with Gasteiger partial charge in [0.2, 0.25) is 0 Å². The molecule has 4 unspecified atom stereocenters. The van der Waals surface area contributed by atoms with Gasteiger partial charge in [-0.1, -0.05) is 84.7 Å².